The van der Waals surface area contributed by atoms with Gasteiger partial charge >= 0.3 is 0 Å². The Morgan fingerprint density at radius 1 is 1.21 bits per heavy atom. The molecule has 4 rings (SSSR count). The number of benzene rings is 1. The highest BCUT2D eigenvalue weighted by atomic mass is 32.1. The van der Waals surface area contributed by atoms with Crippen molar-refractivity contribution in [3.8, 4) is 11.5 Å². The van der Waals surface area contributed by atoms with E-state index in [4.69, 9.17) is 9.25 Å². The van der Waals surface area contributed by atoms with Crippen LogP contribution in [0.1, 0.15) is 18.1 Å². The number of carbonyl (C=O) groups excluding carboxylic acids is 1. The highest BCUT2D eigenvalue weighted by Gasteiger charge is 2.27. The Morgan fingerprint density at radius 2 is 2.08 bits per heavy atom. The molecule has 0 aliphatic carbocycles. The molecule has 1 N–H and O–H groups in total. The fourth-order valence-corrected chi connectivity index (χ4v) is 3.09. The Bertz CT molecular complexity index is 872. The molecule has 0 spiro atoms. The van der Waals surface area contributed by atoms with Crippen molar-refractivity contribution in [1.82, 2.24) is 4.98 Å². The van der Waals surface area contributed by atoms with Crippen LogP contribution in [0.3, 0.4) is 0 Å². The molecule has 1 atom stereocenters. The molecule has 0 unspecified atom stereocenters. The van der Waals surface area contributed by atoms with Gasteiger partial charge in [-0.1, -0.05) is 35.5 Å². The van der Waals surface area contributed by atoms with Crippen molar-refractivity contribution in [2.45, 2.75) is 12.5 Å². The van der Waals surface area contributed by atoms with Crippen LogP contribution in [0.4, 0.5) is 5.13 Å². The average Bonchev–Trinajstić information content (AvgIpc) is 3.36. The minimum absolute atomic E-state index is 0.220. The summed E-state index contributed by atoms with van der Waals surface area (Å²) >= 11 is 1.33. The predicted molar refractivity (Wildman–Crippen MR) is 90.8 cm³/mol. The monoisotopic (exact) mass is 339 g/mol. The van der Waals surface area contributed by atoms with Crippen molar-refractivity contribution in [2.24, 2.45) is 5.16 Å². The number of nitrogens with one attached hydrogen (secondary N) is 1. The SMILES string of the molecule is O=C(Nc1nc(-c2ccco2)cs1)C1=NO[C@H](c2ccccc2)C1. The summed E-state index contributed by atoms with van der Waals surface area (Å²) in [5.74, 6) is 0.367. The van der Waals surface area contributed by atoms with E-state index < -0.39 is 0 Å². The lowest BCUT2D eigenvalue weighted by molar-refractivity contribution is -0.110. The summed E-state index contributed by atoms with van der Waals surface area (Å²) < 4.78 is 5.29. The molecule has 7 heteroatoms. The predicted octanol–water partition coefficient (Wildman–Crippen LogP) is 3.86. The standard InChI is InChI=1S/C17H13N3O3S/c21-16(12-9-15(23-20-12)11-5-2-1-3-6-11)19-17-18-13(10-24-17)14-7-4-8-22-14/h1-8,10,15H,9H2,(H,18,19,21)/t15-/m0/s1. The van der Waals surface area contributed by atoms with Gasteiger partial charge in [-0.05, 0) is 17.7 Å². The number of oxime groups is 1. The van der Waals surface area contributed by atoms with Crippen LogP contribution in [0.15, 0.2) is 63.7 Å². The van der Waals surface area contributed by atoms with E-state index in [9.17, 15) is 4.79 Å². The Labute approximate surface area is 141 Å². The van der Waals surface area contributed by atoms with Crippen LogP contribution in [0.2, 0.25) is 0 Å². The number of rotatable bonds is 4. The quantitative estimate of drug-likeness (QED) is 0.783. The van der Waals surface area contributed by atoms with E-state index in [1.165, 1.54) is 11.3 Å². The Hall–Kier alpha value is -2.93. The van der Waals surface area contributed by atoms with E-state index >= 15 is 0 Å². The van der Waals surface area contributed by atoms with E-state index in [2.05, 4.69) is 15.5 Å². The maximum Gasteiger partial charge on any atom is 0.275 e. The molecule has 0 radical (unpaired) electrons. The first-order valence-electron chi connectivity index (χ1n) is 7.38. The van der Waals surface area contributed by atoms with Gasteiger partial charge in [0, 0.05) is 11.8 Å². The molecule has 0 saturated heterocycles. The molecule has 0 fully saturated rings. The molecule has 1 aliphatic rings. The van der Waals surface area contributed by atoms with Gasteiger partial charge in [-0.2, -0.15) is 0 Å². The maximum absolute atomic E-state index is 12.3. The zero-order valence-corrected chi connectivity index (χ0v) is 13.3. The van der Waals surface area contributed by atoms with Gasteiger partial charge in [0.2, 0.25) is 0 Å². The Kier molecular flexibility index (Phi) is 3.84. The number of carbonyl (C=O) groups is 1. The summed E-state index contributed by atoms with van der Waals surface area (Å²) in [7, 11) is 0. The van der Waals surface area contributed by atoms with Crippen LogP contribution < -0.4 is 5.32 Å². The Balaban J connectivity index is 1.40. The number of anilines is 1. The first-order chi connectivity index (χ1) is 11.8. The second kappa shape index (κ2) is 6.29. The highest BCUT2D eigenvalue weighted by Crippen LogP contribution is 2.28. The van der Waals surface area contributed by atoms with Crippen LogP contribution in [0, 0.1) is 0 Å². The van der Waals surface area contributed by atoms with Gasteiger partial charge in [-0.25, -0.2) is 4.98 Å². The zero-order valence-electron chi connectivity index (χ0n) is 12.5. The third-order valence-corrected chi connectivity index (χ3v) is 4.36. The van der Waals surface area contributed by atoms with Crippen LogP contribution in [0.5, 0.6) is 0 Å². The third-order valence-electron chi connectivity index (χ3n) is 3.60. The fourth-order valence-electron chi connectivity index (χ4n) is 2.40. The lowest BCUT2D eigenvalue weighted by Crippen LogP contribution is -2.21. The zero-order chi connectivity index (χ0) is 16.4. The van der Waals surface area contributed by atoms with Gasteiger partial charge in [0.15, 0.2) is 17.0 Å². The topological polar surface area (TPSA) is 76.7 Å². The average molecular weight is 339 g/mol. The first kappa shape index (κ1) is 14.6. The van der Waals surface area contributed by atoms with E-state index in [-0.39, 0.29) is 12.0 Å². The molecule has 2 aromatic heterocycles. The van der Waals surface area contributed by atoms with Crippen molar-refractivity contribution in [3.05, 3.63) is 59.7 Å². The highest BCUT2D eigenvalue weighted by molar-refractivity contribution is 7.14. The smallest absolute Gasteiger partial charge is 0.275 e. The normalized spacial score (nSPS) is 16.5. The van der Waals surface area contributed by atoms with E-state index in [0.717, 1.165) is 5.56 Å². The molecule has 6 nitrogen and oxygen atoms in total. The van der Waals surface area contributed by atoms with Crippen LogP contribution in [0.25, 0.3) is 11.5 Å². The molecule has 1 aromatic carbocycles. The van der Waals surface area contributed by atoms with Gasteiger partial charge < -0.3 is 9.25 Å². The van der Waals surface area contributed by atoms with Gasteiger partial charge in [0.05, 0.1) is 6.26 Å². The van der Waals surface area contributed by atoms with Crippen molar-refractivity contribution >= 4 is 28.1 Å². The molecule has 1 amide bonds. The number of hydrogen-bond acceptors (Lipinski definition) is 6. The molecule has 0 saturated carbocycles. The van der Waals surface area contributed by atoms with Gasteiger partial charge in [0.1, 0.15) is 11.4 Å². The van der Waals surface area contributed by atoms with E-state index in [0.29, 0.717) is 28.7 Å². The third kappa shape index (κ3) is 2.93. The molecular weight excluding hydrogens is 326 g/mol. The van der Waals surface area contributed by atoms with Crippen molar-refractivity contribution in [3.63, 3.8) is 0 Å². The van der Waals surface area contributed by atoms with Crippen molar-refractivity contribution < 1.29 is 14.0 Å². The van der Waals surface area contributed by atoms with Crippen LogP contribution in [-0.4, -0.2) is 16.6 Å². The first-order valence-corrected chi connectivity index (χ1v) is 8.26. The minimum atomic E-state index is -0.297. The number of nitrogens with zero attached hydrogens (tertiary/aromatic N) is 2. The van der Waals surface area contributed by atoms with E-state index in [1.807, 2.05) is 41.8 Å². The number of aromatic nitrogens is 1. The van der Waals surface area contributed by atoms with Crippen LogP contribution >= 0.6 is 11.3 Å². The largest absolute Gasteiger partial charge is 0.463 e. The summed E-state index contributed by atoms with van der Waals surface area (Å²) in [5.41, 5.74) is 2.05. The second-order valence-electron chi connectivity index (χ2n) is 5.22. The number of thiazole rings is 1. The Morgan fingerprint density at radius 3 is 2.88 bits per heavy atom. The molecule has 24 heavy (non-hydrogen) atoms. The molecule has 3 aromatic rings. The van der Waals surface area contributed by atoms with Gasteiger partial charge in [-0.3, -0.25) is 10.1 Å². The number of furan rings is 1. The van der Waals surface area contributed by atoms with Crippen molar-refractivity contribution in [1.29, 1.82) is 0 Å². The lowest BCUT2D eigenvalue weighted by Gasteiger charge is -2.07. The fraction of sp³-hybridized carbons (Fsp3) is 0.118. The maximum atomic E-state index is 12.3. The molecule has 1 aliphatic heterocycles. The summed E-state index contributed by atoms with van der Waals surface area (Å²) in [6, 6.07) is 13.3. The number of amides is 1. The summed E-state index contributed by atoms with van der Waals surface area (Å²) in [6.45, 7) is 0. The van der Waals surface area contributed by atoms with Gasteiger partial charge in [0.25, 0.3) is 5.91 Å². The summed E-state index contributed by atoms with van der Waals surface area (Å²) in [4.78, 5) is 22.0. The van der Waals surface area contributed by atoms with Crippen molar-refractivity contribution in [2.75, 3.05) is 5.32 Å². The second-order valence-corrected chi connectivity index (χ2v) is 6.07. The summed E-state index contributed by atoms with van der Waals surface area (Å²) in [6.07, 6.45) is 1.80. The number of hydrogen-bond donors (Lipinski definition) is 1. The van der Waals surface area contributed by atoms with E-state index in [1.54, 1.807) is 12.3 Å². The molecule has 120 valence electrons. The van der Waals surface area contributed by atoms with Gasteiger partial charge in [-0.15, -0.1) is 11.3 Å². The molecular formula is C17H13N3O3S. The van der Waals surface area contributed by atoms with Crippen LogP contribution in [-0.2, 0) is 9.63 Å². The summed E-state index contributed by atoms with van der Waals surface area (Å²) in [5, 5.41) is 8.99. The minimum Gasteiger partial charge on any atom is -0.463 e. The lowest BCUT2D eigenvalue weighted by atomic mass is 10.0. The molecule has 0 bridgehead atoms. The molecule has 3 heterocycles.